The molecule has 0 saturated carbocycles. The molecule has 2 aromatic heterocycles. The highest BCUT2D eigenvalue weighted by molar-refractivity contribution is 7.80. The zero-order valence-corrected chi connectivity index (χ0v) is 26.0. The van der Waals surface area contributed by atoms with E-state index in [9.17, 15) is 9.18 Å². The molecule has 1 spiro atoms. The Hall–Kier alpha value is -4.22. The minimum atomic E-state index is -0.685. The van der Waals surface area contributed by atoms with E-state index in [0.717, 1.165) is 36.6 Å². The Morgan fingerprint density at radius 1 is 1.02 bits per heavy atom. The van der Waals surface area contributed by atoms with E-state index in [1.165, 1.54) is 34.0 Å². The lowest BCUT2D eigenvalue weighted by Gasteiger charge is -2.47. The second-order valence-electron chi connectivity index (χ2n) is 12.5. The predicted octanol–water partition coefficient (Wildman–Crippen LogP) is 4.71. The van der Waals surface area contributed by atoms with Crippen LogP contribution in [0, 0.1) is 5.82 Å². The number of carbonyl (C=O) groups excluding carboxylic acids is 1. The summed E-state index contributed by atoms with van der Waals surface area (Å²) in [7, 11) is 1.92. The number of hydrogen-bond acceptors (Lipinski definition) is 7. The van der Waals surface area contributed by atoms with E-state index in [-0.39, 0.29) is 23.0 Å². The van der Waals surface area contributed by atoms with E-state index < -0.39 is 5.54 Å². The van der Waals surface area contributed by atoms with Crippen molar-refractivity contribution in [1.29, 1.82) is 0 Å². The molecule has 230 valence electrons. The number of carbonyl (C=O) groups is 1. The highest BCUT2D eigenvalue weighted by atomic mass is 32.1. The zero-order valence-electron chi connectivity index (χ0n) is 25.1. The Morgan fingerprint density at radius 3 is 2.56 bits per heavy atom. The van der Waals surface area contributed by atoms with Crippen molar-refractivity contribution >= 4 is 35.0 Å². The van der Waals surface area contributed by atoms with Gasteiger partial charge in [-0.15, -0.1) is 5.10 Å². The third-order valence-corrected chi connectivity index (χ3v) is 10.7. The number of benzene rings is 3. The highest BCUT2D eigenvalue weighted by Crippen LogP contribution is 2.44. The van der Waals surface area contributed by atoms with Crippen LogP contribution in [0.1, 0.15) is 29.2 Å². The van der Waals surface area contributed by atoms with Crippen molar-refractivity contribution in [3.63, 3.8) is 0 Å². The molecule has 1 aliphatic carbocycles. The van der Waals surface area contributed by atoms with Gasteiger partial charge < -0.3 is 14.4 Å². The molecule has 0 radical (unpaired) electrons. The first-order valence-corrected chi connectivity index (χ1v) is 16.0. The summed E-state index contributed by atoms with van der Waals surface area (Å²) in [5.74, 6) is -0.160. The van der Waals surface area contributed by atoms with Crippen LogP contribution < -0.4 is 4.90 Å². The van der Waals surface area contributed by atoms with Gasteiger partial charge in [0.15, 0.2) is 0 Å². The lowest BCUT2D eigenvalue weighted by atomic mass is 9.81. The number of likely N-dealkylation sites (tertiary alicyclic amines) is 1. The van der Waals surface area contributed by atoms with Crippen LogP contribution in [-0.4, -0.2) is 78.1 Å². The summed E-state index contributed by atoms with van der Waals surface area (Å²) in [5, 5.41) is 11.3. The van der Waals surface area contributed by atoms with Gasteiger partial charge in [-0.3, -0.25) is 14.4 Å². The molecule has 1 amide bonds. The van der Waals surface area contributed by atoms with Crippen LogP contribution >= 0.6 is 12.6 Å². The topological polar surface area (TPSA) is 75.3 Å². The fraction of sp³-hybridized carbons (Fsp3) is 0.353. The predicted molar refractivity (Wildman–Crippen MR) is 174 cm³/mol. The van der Waals surface area contributed by atoms with Crippen LogP contribution in [0.3, 0.4) is 0 Å². The average molecular weight is 623 g/mol. The molecule has 9 nitrogen and oxygen atoms in total. The van der Waals surface area contributed by atoms with Crippen molar-refractivity contribution < 1.29 is 9.18 Å². The zero-order chi connectivity index (χ0) is 30.7. The fourth-order valence-corrected chi connectivity index (χ4v) is 8.21. The molecule has 2 fully saturated rings. The van der Waals surface area contributed by atoms with Crippen LogP contribution in [0.2, 0.25) is 0 Å². The van der Waals surface area contributed by atoms with Gasteiger partial charge in [0, 0.05) is 43.7 Å². The third kappa shape index (κ3) is 4.71. The monoisotopic (exact) mass is 622 g/mol. The van der Waals surface area contributed by atoms with Crippen LogP contribution in [0.25, 0.3) is 22.2 Å². The lowest BCUT2D eigenvalue weighted by Crippen LogP contribution is -2.58. The number of thiol groups is 1. The van der Waals surface area contributed by atoms with Gasteiger partial charge in [-0.1, -0.05) is 41.6 Å². The lowest BCUT2D eigenvalue weighted by molar-refractivity contribution is -0.134. The van der Waals surface area contributed by atoms with Crippen molar-refractivity contribution in [2.24, 2.45) is 7.05 Å². The standard InChI is InChI=1S/C34H35FN8OS/c1-39-21-36-19-30(39)28-20-42(38-37-28)17-16-41-22-43(26-10-8-25(35)9-11-26)34(33(41)44)12-14-40(15-13-34)29-18-24-6-2-4-23-5-3-7-27(31(23)24)32(29)45/h2-11,19-21,29,32,45H,12-18,22H2,1H3/t29-,32?/m0/s1. The van der Waals surface area contributed by atoms with Crippen molar-refractivity contribution in [2.75, 3.05) is 31.2 Å². The molecule has 0 N–H and O–H groups in total. The number of amides is 1. The number of piperidine rings is 1. The van der Waals surface area contributed by atoms with E-state index in [4.69, 9.17) is 12.6 Å². The maximum Gasteiger partial charge on any atom is 0.250 e. The quantitative estimate of drug-likeness (QED) is 0.277. The smallest absolute Gasteiger partial charge is 0.250 e. The molecular weight excluding hydrogens is 587 g/mol. The number of nitrogens with zero attached hydrogens (tertiary/aromatic N) is 8. The first-order valence-electron chi connectivity index (χ1n) is 15.5. The summed E-state index contributed by atoms with van der Waals surface area (Å²) in [6.45, 7) is 3.03. The van der Waals surface area contributed by atoms with Crippen LogP contribution in [0.5, 0.6) is 0 Å². The van der Waals surface area contributed by atoms with Gasteiger partial charge in [0.2, 0.25) is 5.91 Å². The van der Waals surface area contributed by atoms with Crippen molar-refractivity contribution in [3.05, 3.63) is 96.3 Å². The van der Waals surface area contributed by atoms with Crippen molar-refractivity contribution in [1.82, 2.24) is 34.3 Å². The number of aromatic nitrogens is 5. The van der Waals surface area contributed by atoms with Gasteiger partial charge in [-0.2, -0.15) is 12.6 Å². The summed E-state index contributed by atoms with van der Waals surface area (Å²) in [6, 6.07) is 19.9. The Balaban J connectivity index is 1.02. The molecule has 8 rings (SSSR count). The molecule has 2 atom stereocenters. The molecule has 3 aliphatic rings. The molecule has 4 heterocycles. The number of anilines is 1. The Kier molecular flexibility index (Phi) is 6.90. The third-order valence-electron chi connectivity index (χ3n) is 10.1. The highest BCUT2D eigenvalue weighted by Gasteiger charge is 2.54. The van der Waals surface area contributed by atoms with Crippen LogP contribution in [-0.2, 0) is 24.8 Å². The molecule has 2 saturated heterocycles. The molecule has 0 bridgehead atoms. The van der Waals surface area contributed by atoms with E-state index in [0.29, 0.717) is 32.6 Å². The number of imidazole rings is 1. The number of rotatable bonds is 6. The van der Waals surface area contributed by atoms with Gasteiger partial charge in [-0.25, -0.2) is 9.37 Å². The Bertz CT molecular complexity index is 1870. The molecular formula is C34H35FN8OS. The molecule has 3 aromatic carbocycles. The van der Waals surface area contributed by atoms with Gasteiger partial charge in [0.25, 0.3) is 0 Å². The summed E-state index contributed by atoms with van der Waals surface area (Å²) < 4.78 is 17.6. The van der Waals surface area contributed by atoms with E-state index in [2.05, 4.69) is 61.5 Å². The van der Waals surface area contributed by atoms with E-state index in [1.54, 1.807) is 29.3 Å². The van der Waals surface area contributed by atoms with Gasteiger partial charge in [-0.05, 0) is 65.4 Å². The first-order chi connectivity index (χ1) is 21.9. The molecule has 11 heteroatoms. The molecule has 45 heavy (non-hydrogen) atoms. The normalized spacial score (nSPS) is 21.4. The largest absolute Gasteiger partial charge is 0.339 e. The van der Waals surface area contributed by atoms with E-state index >= 15 is 0 Å². The van der Waals surface area contributed by atoms with Gasteiger partial charge >= 0.3 is 0 Å². The fourth-order valence-electron chi connectivity index (χ4n) is 7.70. The summed E-state index contributed by atoms with van der Waals surface area (Å²) in [5.41, 5.74) is 4.46. The Morgan fingerprint density at radius 2 is 1.80 bits per heavy atom. The number of halogens is 1. The minimum Gasteiger partial charge on any atom is -0.339 e. The number of hydrogen-bond donors (Lipinski definition) is 1. The average Bonchev–Trinajstić information content (AvgIpc) is 3.77. The summed E-state index contributed by atoms with van der Waals surface area (Å²) in [4.78, 5) is 25.2. The summed E-state index contributed by atoms with van der Waals surface area (Å²) >= 11 is 5.17. The SMILES string of the molecule is Cn1cncc1-c1cn(CCN2CN(c3ccc(F)cc3)C3(CCN([C@H]4Cc5cccc6cccc(c56)C4S)CC3)C2=O)nn1. The van der Waals surface area contributed by atoms with Gasteiger partial charge in [0.1, 0.15) is 17.1 Å². The maximum absolute atomic E-state index is 14.3. The number of aryl methyl sites for hydroxylation is 1. The second kappa shape index (κ2) is 11.0. The van der Waals surface area contributed by atoms with Gasteiger partial charge in [0.05, 0.1) is 37.6 Å². The van der Waals surface area contributed by atoms with Crippen molar-refractivity contribution in [3.8, 4) is 11.4 Å². The van der Waals surface area contributed by atoms with Crippen LogP contribution in [0.4, 0.5) is 10.1 Å². The second-order valence-corrected chi connectivity index (χ2v) is 13.1. The summed E-state index contributed by atoms with van der Waals surface area (Å²) in [6.07, 6.45) is 7.71. The van der Waals surface area contributed by atoms with Crippen LogP contribution in [0.15, 0.2) is 79.4 Å². The first kappa shape index (κ1) is 28.3. The molecule has 2 aliphatic heterocycles. The molecule has 1 unspecified atom stereocenters. The Labute approximate surface area is 266 Å². The van der Waals surface area contributed by atoms with E-state index in [1.807, 2.05) is 22.7 Å². The van der Waals surface area contributed by atoms with Crippen molar-refractivity contribution in [2.45, 2.75) is 42.6 Å². The maximum atomic E-state index is 14.3. The molecule has 5 aromatic rings. The minimum absolute atomic E-state index is 0.0977.